The van der Waals surface area contributed by atoms with Crippen molar-refractivity contribution in [2.45, 2.75) is 25.9 Å². The van der Waals surface area contributed by atoms with Gasteiger partial charge in [-0.3, -0.25) is 9.69 Å². The zero-order valence-electron chi connectivity index (χ0n) is 17.9. The topological polar surface area (TPSA) is 71.5 Å². The van der Waals surface area contributed by atoms with E-state index in [9.17, 15) is 9.18 Å². The summed E-state index contributed by atoms with van der Waals surface area (Å²) in [6, 6.07) is 8.04. The number of aromatic nitrogens is 4. The fourth-order valence-electron chi connectivity index (χ4n) is 4.85. The summed E-state index contributed by atoms with van der Waals surface area (Å²) in [6.07, 6.45) is 3.77. The Morgan fingerprint density at radius 3 is 2.72 bits per heavy atom. The van der Waals surface area contributed by atoms with Crippen molar-refractivity contribution in [3.05, 3.63) is 70.2 Å². The molecule has 2 aliphatic heterocycles. The SMILES string of the molecule is C#[N+][C@]12CN(C(=O)c3cc(F)ccc3-n3nccn3)CCC1CN2c1cc(C)cc(C)n1. The molecule has 0 N–H and O–H groups in total. The molecule has 3 aromatic rings. The number of halogens is 1. The highest BCUT2D eigenvalue weighted by Gasteiger charge is 2.67. The number of fused-ring (bicyclic) bond motifs is 1. The van der Waals surface area contributed by atoms with Gasteiger partial charge in [-0.2, -0.15) is 15.0 Å². The molecule has 162 valence electrons. The van der Waals surface area contributed by atoms with Gasteiger partial charge in [-0.1, -0.05) is 4.85 Å². The first-order chi connectivity index (χ1) is 15.4. The molecule has 1 amide bonds. The number of piperidine rings is 1. The van der Waals surface area contributed by atoms with Gasteiger partial charge in [-0.25, -0.2) is 9.37 Å². The van der Waals surface area contributed by atoms with Gasteiger partial charge in [-0.05, 0) is 56.2 Å². The number of aryl methyl sites for hydroxylation is 2. The molecular weight excluding hydrogens is 409 g/mol. The monoisotopic (exact) mass is 432 g/mol. The number of hydrogen-bond acceptors (Lipinski definition) is 5. The molecule has 0 aliphatic carbocycles. The number of amides is 1. The highest BCUT2D eigenvalue weighted by molar-refractivity contribution is 5.98. The highest BCUT2D eigenvalue weighted by atomic mass is 19.1. The molecule has 32 heavy (non-hydrogen) atoms. The molecule has 9 heteroatoms. The minimum atomic E-state index is -0.751. The molecule has 0 radical (unpaired) electrons. The first-order valence-electron chi connectivity index (χ1n) is 10.5. The first-order valence-corrected chi connectivity index (χ1v) is 10.5. The third-order valence-corrected chi connectivity index (χ3v) is 6.39. The number of pyridine rings is 1. The number of hydrogen-bond donors (Lipinski definition) is 0. The van der Waals surface area contributed by atoms with Gasteiger partial charge in [-0.15, -0.1) is 0 Å². The van der Waals surface area contributed by atoms with Crippen molar-refractivity contribution in [3.63, 3.8) is 0 Å². The lowest BCUT2D eigenvalue weighted by molar-refractivity contribution is 0.0435. The number of nitrogens with zero attached hydrogens (tertiary/aromatic N) is 7. The van der Waals surface area contributed by atoms with Crippen LogP contribution in [0, 0.1) is 32.2 Å². The maximum atomic E-state index is 14.1. The predicted molar refractivity (Wildman–Crippen MR) is 117 cm³/mol. The number of carbonyl (C=O) groups excluding carboxylic acids is 1. The number of rotatable bonds is 3. The molecule has 0 bridgehead atoms. The molecule has 1 unspecified atom stereocenters. The van der Waals surface area contributed by atoms with Crippen molar-refractivity contribution in [2.75, 3.05) is 24.5 Å². The molecule has 4 heterocycles. The minimum Gasteiger partial charge on any atom is -0.328 e. The molecule has 2 aliphatic rings. The highest BCUT2D eigenvalue weighted by Crippen LogP contribution is 2.46. The van der Waals surface area contributed by atoms with Crippen molar-refractivity contribution >= 4 is 11.7 Å². The maximum Gasteiger partial charge on any atom is 0.378 e. The van der Waals surface area contributed by atoms with Gasteiger partial charge in [0, 0.05) is 18.8 Å². The molecule has 0 saturated carbocycles. The molecule has 8 nitrogen and oxygen atoms in total. The molecule has 2 saturated heterocycles. The summed E-state index contributed by atoms with van der Waals surface area (Å²) in [7, 11) is 0. The molecule has 0 spiro atoms. The van der Waals surface area contributed by atoms with Crippen LogP contribution >= 0.6 is 0 Å². The van der Waals surface area contributed by atoms with E-state index in [1.807, 2.05) is 26.0 Å². The van der Waals surface area contributed by atoms with Gasteiger partial charge < -0.3 is 4.90 Å². The standard InChI is InChI=1S/C23H23FN7O/c1-15-10-16(2)28-21(11-15)30-13-17-6-9-29(14-23(17,30)25-3)22(32)19-12-18(24)4-5-20(19)31-26-7-8-27-31/h3-5,7-8,10-12,17H,6,9,13-14H2,1-2H3/q+1/t17?,23-/m0/s1. The minimum absolute atomic E-state index is 0.196. The van der Waals surface area contributed by atoms with Crippen LogP contribution in [0.25, 0.3) is 10.5 Å². The second-order valence-corrected chi connectivity index (χ2v) is 8.45. The van der Waals surface area contributed by atoms with Gasteiger partial charge in [0.1, 0.15) is 18.2 Å². The second kappa shape index (κ2) is 7.41. The van der Waals surface area contributed by atoms with Crippen molar-refractivity contribution < 1.29 is 9.18 Å². The van der Waals surface area contributed by atoms with Crippen molar-refractivity contribution in [3.8, 4) is 12.3 Å². The lowest BCUT2D eigenvalue weighted by Crippen LogP contribution is -2.73. The van der Waals surface area contributed by atoms with Gasteiger partial charge in [0.05, 0.1) is 29.6 Å². The Balaban J connectivity index is 1.48. The van der Waals surface area contributed by atoms with Crippen LogP contribution in [0.3, 0.4) is 0 Å². The van der Waals surface area contributed by atoms with Crippen LogP contribution in [0.15, 0.2) is 42.7 Å². The first kappa shape index (κ1) is 20.1. The summed E-state index contributed by atoms with van der Waals surface area (Å²) in [6.45, 7) is 11.5. The largest absolute Gasteiger partial charge is 0.378 e. The predicted octanol–water partition coefficient (Wildman–Crippen LogP) is 3.06. The zero-order valence-corrected chi connectivity index (χ0v) is 17.9. The molecule has 5 rings (SSSR count). The number of carbonyl (C=O) groups is 1. The summed E-state index contributed by atoms with van der Waals surface area (Å²) in [5.41, 5.74) is 1.88. The normalized spacial score (nSPS) is 22.1. The van der Waals surface area contributed by atoms with E-state index in [1.54, 1.807) is 4.90 Å². The van der Waals surface area contributed by atoms with Crippen LogP contribution in [-0.2, 0) is 0 Å². The Morgan fingerprint density at radius 1 is 1.22 bits per heavy atom. The summed E-state index contributed by atoms with van der Waals surface area (Å²) < 4.78 is 14.1. The van der Waals surface area contributed by atoms with Crippen LogP contribution in [-0.4, -0.2) is 56.1 Å². The maximum absolute atomic E-state index is 14.1. The second-order valence-electron chi connectivity index (χ2n) is 8.45. The smallest absolute Gasteiger partial charge is 0.328 e. The Hall–Kier alpha value is -3.80. The number of likely N-dealkylation sites (tertiary alicyclic amines) is 1. The van der Waals surface area contributed by atoms with E-state index >= 15 is 0 Å². The number of anilines is 1. The van der Waals surface area contributed by atoms with Gasteiger partial charge in [0.2, 0.25) is 0 Å². The summed E-state index contributed by atoms with van der Waals surface area (Å²) in [4.78, 5) is 27.5. The molecule has 2 atom stereocenters. The molecular formula is C23H23FN7O+. The molecule has 1 aromatic carbocycles. The fraction of sp³-hybridized carbons (Fsp3) is 0.348. The summed E-state index contributed by atoms with van der Waals surface area (Å²) in [5, 5.41) is 8.20. The fourth-order valence-corrected chi connectivity index (χ4v) is 4.85. The van der Waals surface area contributed by atoms with Crippen molar-refractivity contribution in [1.29, 1.82) is 0 Å². The van der Waals surface area contributed by atoms with E-state index < -0.39 is 11.5 Å². The lowest BCUT2D eigenvalue weighted by Gasteiger charge is -2.52. The van der Waals surface area contributed by atoms with Crippen molar-refractivity contribution in [2.24, 2.45) is 5.92 Å². The van der Waals surface area contributed by atoms with Crippen LogP contribution in [0.5, 0.6) is 0 Å². The van der Waals surface area contributed by atoms with E-state index in [1.165, 1.54) is 35.4 Å². The van der Waals surface area contributed by atoms with E-state index in [2.05, 4.69) is 24.9 Å². The van der Waals surface area contributed by atoms with Crippen LogP contribution in [0.2, 0.25) is 0 Å². The summed E-state index contributed by atoms with van der Waals surface area (Å²) >= 11 is 0. The Bertz CT molecular complexity index is 1220. The van der Waals surface area contributed by atoms with Gasteiger partial charge in [0.15, 0.2) is 0 Å². The third kappa shape index (κ3) is 3.11. The van der Waals surface area contributed by atoms with Crippen LogP contribution in [0.1, 0.15) is 28.0 Å². The van der Waals surface area contributed by atoms with Crippen molar-refractivity contribution in [1.82, 2.24) is 24.9 Å². The summed E-state index contributed by atoms with van der Waals surface area (Å²) in [5.74, 6) is 0.217. The van der Waals surface area contributed by atoms with E-state index in [0.29, 0.717) is 18.8 Å². The Labute approximate surface area is 185 Å². The van der Waals surface area contributed by atoms with Crippen LogP contribution in [0.4, 0.5) is 10.2 Å². The van der Waals surface area contributed by atoms with E-state index in [4.69, 9.17) is 6.57 Å². The van der Waals surface area contributed by atoms with Gasteiger partial charge >= 0.3 is 5.66 Å². The Kier molecular flexibility index (Phi) is 4.66. The quantitative estimate of drug-likeness (QED) is 0.636. The van der Waals surface area contributed by atoms with E-state index in [0.717, 1.165) is 30.0 Å². The van der Waals surface area contributed by atoms with Gasteiger partial charge in [0.25, 0.3) is 12.5 Å². The van der Waals surface area contributed by atoms with E-state index in [-0.39, 0.29) is 17.4 Å². The third-order valence-electron chi connectivity index (χ3n) is 6.39. The lowest BCUT2D eigenvalue weighted by atomic mass is 9.76. The van der Waals surface area contributed by atoms with Crippen LogP contribution < -0.4 is 4.90 Å². The molecule has 2 fully saturated rings. The Morgan fingerprint density at radius 2 is 2.00 bits per heavy atom. The zero-order chi connectivity index (χ0) is 22.5. The average Bonchev–Trinajstić information content (AvgIpc) is 3.28. The average molecular weight is 432 g/mol. The molecule has 2 aromatic heterocycles. The number of benzene rings is 1.